The second kappa shape index (κ2) is 5.71. The predicted octanol–water partition coefficient (Wildman–Crippen LogP) is 1.61. The molecule has 0 aliphatic carbocycles. The Kier molecular flexibility index (Phi) is 4.76. The molecule has 1 aromatic rings. The van der Waals surface area contributed by atoms with E-state index in [1.54, 1.807) is 21.0 Å². The Morgan fingerprint density at radius 2 is 2.00 bits per heavy atom. The van der Waals surface area contributed by atoms with E-state index in [1.165, 1.54) is 6.26 Å². The minimum absolute atomic E-state index is 0.420. The van der Waals surface area contributed by atoms with Gasteiger partial charge in [-0.3, -0.25) is 0 Å². The molecular weight excluding hydrogens is 250 g/mol. The minimum Gasteiger partial charge on any atom is -0.497 e. The van der Waals surface area contributed by atoms with Crippen LogP contribution in [0, 0.1) is 0 Å². The molecule has 0 aliphatic heterocycles. The smallest absolute Gasteiger partial charge is 0.153 e. The van der Waals surface area contributed by atoms with Gasteiger partial charge in [-0.25, -0.2) is 8.42 Å². The van der Waals surface area contributed by atoms with Crippen LogP contribution in [0.2, 0.25) is 0 Å². The third-order valence-corrected chi connectivity index (χ3v) is 5.17. The lowest BCUT2D eigenvalue weighted by atomic mass is 10.2. The summed E-state index contributed by atoms with van der Waals surface area (Å²) in [7, 11) is -1.43. The number of hydrogen-bond donors (Lipinski definition) is 1. The van der Waals surface area contributed by atoms with Gasteiger partial charge in [-0.2, -0.15) is 0 Å². The molecule has 0 fully saturated rings. The van der Waals surface area contributed by atoms with E-state index in [0.29, 0.717) is 13.1 Å². The van der Waals surface area contributed by atoms with Crippen LogP contribution in [0.5, 0.6) is 5.75 Å². The summed E-state index contributed by atoms with van der Waals surface area (Å²) < 4.78 is 27.4. The highest BCUT2D eigenvalue weighted by Gasteiger charge is 2.29. The van der Waals surface area contributed by atoms with Gasteiger partial charge in [-0.15, -0.1) is 0 Å². The second-order valence-electron chi connectivity index (χ2n) is 4.99. The highest BCUT2D eigenvalue weighted by Crippen LogP contribution is 2.15. The molecule has 0 aromatic heterocycles. The van der Waals surface area contributed by atoms with Crippen molar-refractivity contribution in [1.82, 2.24) is 5.32 Å². The molecule has 0 unspecified atom stereocenters. The fraction of sp³-hybridized carbons (Fsp3) is 0.538. The molecule has 0 spiro atoms. The minimum atomic E-state index is -3.06. The maximum Gasteiger partial charge on any atom is 0.153 e. The van der Waals surface area contributed by atoms with Crippen molar-refractivity contribution in [1.29, 1.82) is 0 Å². The standard InChI is InChI=1S/C13H21NO3S/c1-13(2,18(4,15)16)10-14-9-11-6-5-7-12(8-11)17-3/h5-8,14H,9-10H2,1-4H3. The summed E-state index contributed by atoms with van der Waals surface area (Å²) in [6.07, 6.45) is 1.26. The van der Waals surface area contributed by atoms with Crippen LogP contribution in [-0.4, -0.2) is 33.1 Å². The van der Waals surface area contributed by atoms with Gasteiger partial charge in [0.15, 0.2) is 9.84 Å². The summed E-state index contributed by atoms with van der Waals surface area (Å²) in [6, 6.07) is 7.70. The zero-order chi connectivity index (χ0) is 13.8. The normalized spacial score (nSPS) is 12.4. The first-order valence-corrected chi connectivity index (χ1v) is 7.69. The van der Waals surface area contributed by atoms with E-state index in [-0.39, 0.29) is 0 Å². The first-order chi connectivity index (χ1) is 8.26. The summed E-state index contributed by atoms with van der Waals surface area (Å²) in [5, 5.41) is 3.17. The topological polar surface area (TPSA) is 55.4 Å². The summed E-state index contributed by atoms with van der Waals surface area (Å²) in [4.78, 5) is 0. The molecule has 0 saturated carbocycles. The number of nitrogens with one attached hydrogen (secondary N) is 1. The molecule has 5 heteroatoms. The fourth-order valence-electron chi connectivity index (χ4n) is 1.42. The first-order valence-electron chi connectivity index (χ1n) is 5.79. The third kappa shape index (κ3) is 3.99. The van der Waals surface area contributed by atoms with Crippen molar-refractivity contribution in [2.75, 3.05) is 19.9 Å². The molecule has 0 heterocycles. The quantitative estimate of drug-likeness (QED) is 0.854. The van der Waals surface area contributed by atoms with Gasteiger partial charge in [0.05, 0.1) is 11.9 Å². The number of rotatable bonds is 6. The van der Waals surface area contributed by atoms with E-state index in [9.17, 15) is 8.42 Å². The first kappa shape index (κ1) is 15.0. The van der Waals surface area contributed by atoms with Gasteiger partial charge < -0.3 is 10.1 Å². The predicted molar refractivity (Wildman–Crippen MR) is 73.6 cm³/mol. The Bertz CT molecular complexity index is 495. The van der Waals surface area contributed by atoms with Gasteiger partial charge in [0.1, 0.15) is 5.75 Å². The van der Waals surface area contributed by atoms with E-state index >= 15 is 0 Å². The summed E-state index contributed by atoms with van der Waals surface area (Å²) >= 11 is 0. The van der Waals surface area contributed by atoms with Crippen molar-refractivity contribution in [2.24, 2.45) is 0 Å². The van der Waals surface area contributed by atoms with Crippen LogP contribution in [0.15, 0.2) is 24.3 Å². The zero-order valence-corrected chi connectivity index (χ0v) is 12.2. The molecule has 0 bridgehead atoms. The molecular formula is C13H21NO3S. The van der Waals surface area contributed by atoms with Gasteiger partial charge in [-0.1, -0.05) is 12.1 Å². The van der Waals surface area contributed by atoms with Crippen LogP contribution in [0.1, 0.15) is 19.4 Å². The largest absolute Gasteiger partial charge is 0.497 e. The molecule has 0 atom stereocenters. The molecule has 0 saturated heterocycles. The summed E-state index contributed by atoms with van der Waals surface area (Å²) in [5.74, 6) is 0.802. The Labute approximate surface area is 109 Å². The Morgan fingerprint density at radius 3 is 2.56 bits per heavy atom. The van der Waals surface area contributed by atoms with Crippen molar-refractivity contribution in [3.63, 3.8) is 0 Å². The monoisotopic (exact) mass is 271 g/mol. The molecule has 0 aliphatic rings. The Morgan fingerprint density at radius 1 is 1.33 bits per heavy atom. The molecule has 102 valence electrons. The van der Waals surface area contributed by atoms with Gasteiger partial charge >= 0.3 is 0 Å². The van der Waals surface area contributed by atoms with Crippen LogP contribution in [-0.2, 0) is 16.4 Å². The average molecular weight is 271 g/mol. The van der Waals surface area contributed by atoms with Crippen molar-refractivity contribution in [2.45, 2.75) is 25.1 Å². The van der Waals surface area contributed by atoms with E-state index < -0.39 is 14.6 Å². The summed E-state index contributed by atoms with van der Waals surface area (Å²) in [5.41, 5.74) is 1.07. The molecule has 0 radical (unpaired) electrons. The van der Waals surface area contributed by atoms with Crippen LogP contribution in [0.3, 0.4) is 0 Å². The van der Waals surface area contributed by atoms with E-state index in [4.69, 9.17) is 4.74 Å². The SMILES string of the molecule is COc1cccc(CNCC(C)(C)S(C)(=O)=O)c1. The highest BCUT2D eigenvalue weighted by atomic mass is 32.2. The van der Waals surface area contributed by atoms with Crippen LogP contribution < -0.4 is 10.1 Å². The molecule has 1 N–H and O–H groups in total. The lowest BCUT2D eigenvalue weighted by molar-refractivity contribution is 0.414. The second-order valence-corrected chi connectivity index (χ2v) is 7.64. The number of sulfone groups is 1. The van der Waals surface area contributed by atoms with E-state index in [1.807, 2.05) is 24.3 Å². The number of methoxy groups -OCH3 is 1. The highest BCUT2D eigenvalue weighted by molar-refractivity contribution is 7.92. The molecule has 1 rings (SSSR count). The lowest BCUT2D eigenvalue weighted by Gasteiger charge is -2.22. The van der Waals surface area contributed by atoms with Gasteiger partial charge in [-0.05, 0) is 31.5 Å². The summed E-state index contributed by atoms with van der Waals surface area (Å²) in [6.45, 7) is 4.49. The average Bonchev–Trinajstić information content (AvgIpc) is 2.27. The van der Waals surface area contributed by atoms with Gasteiger partial charge in [0.25, 0.3) is 0 Å². The van der Waals surface area contributed by atoms with Crippen molar-refractivity contribution < 1.29 is 13.2 Å². The van der Waals surface area contributed by atoms with E-state index in [2.05, 4.69) is 5.32 Å². The van der Waals surface area contributed by atoms with Gasteiger partial charge in [0.2, 0.25) is 0 Å². The molecule has 18 heavy (non-hydrogen) atoms. The Balaban J connectivity index is 2.56. The fourth-order valence-corrected chi connectivity index (χ4v) is 1.79. The van der Waals surface area contributed by atoms with Crippen LogP contribution >= 0.6 is 0 Å². The van der Waals surface area contributed by atoms with Crippen molar-refractivity contribution in [3.8, 4) is 5.75 Å². The van der Waals surface area contributed by atoms with Crippen LogP contribution in [0.25, 0.3) is 0 Å². The number of benzene rings is 1. The molecule has 1 aromatic carbocycles. The van der Waals surface area contributed by atoms with Crippen molar-refractivity contribution >= 4 is 9.84 Å². The molecule has 0 amide bonds. The van der Waals surface area contributed by atoms with Crippen molar-refractivity contribution in [3.05, 3.63) is 29.8 Å². The van der Waals surface area contributed by atoms with Gasteiger partial charge in [0, 0.05) is 19.3 Å². The van der Waals surface area contributed by atoms with E-state index in [0.717, 1.165) is 11.3 Å². The maximum atomic E-state index is 11.5. The zero-order valence-electron chi connectivity index (χ0n) is 11.4. The number of ether oxygens (including phenoxy) is 1. The maximum absolute atomic E-state index is 11.5. The third-order valence-electron chi connectivity index (χ3n) is 3.02. The lowest BCUT2D eigenvalue weighted by Crippen LogP contribution is -2.41. The Hall–Kier alpha value is -1.07. The molecule has 4 nitrogen and oxygen atoms in total. The number of hydrogen-bond acceptors (Lipinski definition) is 4. The van der Waals surface area contributed by atoms with Crippen LogP contribution in [0.4, 0.5) is 0 Å².